The first kappa shape index (κ1) is 42.1. The molecule has 0 bridgehead atoms. The third-order valence-corrected chi connectivity index (χ3v) is 48.4. The van der Waals surface area contributed by atoms with E-state index in [1.54, 1.807) is 0 Å². The molecule has 2 aliphatic rings. The van der Waals surface area contributed by atoms with Crippen LogP contribution in [0.2, 0.25) is 32.7 Å². The molecule has 0 spiro atoms. The van der Waals surface area contributed by atoms with E-state index in [0.29, 0.717) is 0 Å². The van der Waals surface area contributed by atoms with Crippen LogP contribution in [0.4, 0.5) is 0 Å². The summed E-state index contributed by atoms with van der Waals surface area (Å²) in [4.78, 5) is 0. The van der Waals surface area contributed by atoms with Gasteiger partial charge < -0.3 is 28.8 Å². The predicted molar refractivity (Wildman–Crippen MR) is 260 cm³/mol. The first-order valence-corrected chi connectivity index (χ1v) is 36.9. The fraction of sp³-hybridized carbons (Fsp3) is 0.106. The number of benzene rings is 7. The van der Waals surface area contributed by atoms with Gasteiger partial charge in [-0.15, -0.1) is 0 Å². The van der Waals surface area contributed by atoms with Crippen LogP contribution in [0.25, 0.3) is 0 Å². The van der Waals surface area contributed by atoms with Gasteiger partial charge in [0.05, 0.1) is 0 Å². The molecular weight excluding hydrogens is 873 g/mol. The van der Waals surface area contributed by atoms with Crippen molar-refractivity contribution in [3.05, 3.63) is 212 Å². The van der Waals surface area contributed by atoms with Gasteiger partial charge in [-0.3, -0.25) is 0 Å². The smallest absolute Gasteiger partial charge is 0.399 e. The van der Waals surface area contributed by atoms with Crippen molar-refractivity contribution in [3.63, 3.8) is 0 Å². The average Bonchev–Trinajstić information content (AvgIpc) is 3.28. The molecule has 2 heterocycles. The molecule has 0 N–H and O–H groups in total. The minimum Gasteiger partial charge on any atom is -0.416 e. The molecule has 7 aromatic rings. The maximum Gasteiger partial charge on any atom is 0.399 e. The van der Waals surface area contributed by atoms with Crippen molar-refractivity contribution in [1.82, 2.24) is 0 Å². The third kappa shape index (κ3) is 7.70. The Morgan fingerprint density at radius 2 is 0.443 bits per heavy atom. The summed E-state index contributed by atoms with van der Waals surface area (Å²) in [7, 11) is -25.8. The van der Waals surface area contributed by atoms with Crippen LogP contribution in [0.1, 0.15) is 0 Å². The Bertz CT molecular complexity index is 2310. The Labute approximate surface area is 367 Å². The molecule has 7 aromatic carbocycles. The lowest BCUT2D eigenvalue weighted by Crippen LogP contribution is -2.92. The summed E-state index contributed by atoms with van der Waals surface area (Å²) in [6.07, 6.45) is 0. The minimum absolute atomic E-state index is 0.897. The lowest BCUT2D eigenvalue weighted by molar-refractivity contribution is 0.217. The van der Waals surface area contributed by atoms with Crippen LogP contribution in [0, 0.1) is 0 Å². The summed E-state index contributed by atoms with van der Waals surface area (Å²) in [6.45, 7) is 10.7. The Hall–Kier alpha value is -4.22. The molecule has 2 fully saturated rings. The molecule has 2 saturated heterocycles. The summed E-state index contributed by atoms with van der Waals surface area (Å²) in [6, 6.07) is 73.3. The fourth-order valence-electron chi connectivity index (χ4n) is 9.00. The molecule has 0 aliphatic carbocycles. The van der Waals surface area contributed by atoms with Crippen molar-refractivity contribution in [3.8, 4) is 0 Å². The predicted octanol–water partition coefficient (Wildman–Crippen LogP) is 5.80. The van der Waals surface area contributed by atoms with Gasteiger partial charge in [-0.2, -0.15) is 0 Å². The van der Waals surface area contributed by atoms with Gasteiger partial charge in [0.15, 0.2) is 0 Å². The van der Waals surface area contributed by atoms with Crippen molar-refractivity contribution in [2.24, 2.45) is 0 Å². The van der Waals surface area contributed by atoms with Gasteiger partial charge in [0, 0.05) is 0 Å². The van der Waals surface area contributed by atoms with Crippen LogP contribution >= 0.6 is 0 Å². The molecule has 0 unspecified atom stereocenters. The van der Waals surface area contributed by atoms with E-state index >= 15 is 0 Å². The zero-order valence-corrected chi connectivity index (χ0v) is 42.1. The van der Waals surface area contributed by atoms with Gasteiger partial charge in [-0.05, 0) is 69.0 Å². The Morgan fingerprint density at radius 3 is 0.689 bits per heavy atom. The van der Waals surface area contributed by atoms with Crippen LogP contribution in [0.3, 0.4) is 0 Å². The topological polar surface area (TPSA) is 64.6 Å². The highest BCUT2D eigenvalue weighted by Crippen LogP contribution is 2.42. The van der Waals surface area contributed by atoms with E-state index in [1.807, 2.05) is 42.5 Å². The van der Waals surface area contributed by atoms with E-state index in [-0.39, 0.29) is 0 Å². The minimum atomic E-state index is -4.23. The summed E-state index contributed by atoms with van der Waals surface area (Å²) in [5, 5.41) is 6.49. The fourth-order valence-corrected chi connectivity index (χ4v) is 61.4. The SMILES string of the molecule is C[Si]1(C)O[Si](C)(C)O[Si](C)([Si]2(c3ccccc3)O[Si](c3ccccc3)(c3ccccc3)O[Si](c3ccccc3)(c3ccccc3)O[Si](c3ccccc3)(c3ccccc3)O2)O1. The molecule has 0 atom stereocenters. The van der Waals surface area contributed by atoms with Crippen molar-refractivity contribution in [2.45, 2.75) is 32.7 Å². The first-order valence-electron chi connectivity index (χ1n) is 20.7. The van der Waals surface area contributed by atoms with E-state index in [1.165, 1.54) is 0 Å². The molecule has 0 saturated carbocycles. The Balaban J connectivity index is 1.51. The molecular formula is C47H50O7Si7. The monoisotopic (exact) mass is 922 g/mol. The van der Waals surface area contributed by atoms with Crippen molar-refractivity contribution in [1.29, 1.82) is 0 Å². The van der Waals surface area contributed by atoms with Gasteiger partial charge in [-0.1, -0.05) is 212 Å². The normalized spacial score (nSPS) is 20.7. The Kier molecular flexibility index (Phi) is 11.4. The maximum atomic E-state index is 8.67. The summed E-state index contributed by atoms with van der Waals surface area (Å²) in [5.41, 5.74) is 0. The van der Waals surface area contributed by atoms with Gasteiger partial charge in [-0.25, -0.2) is 0 Å². The van der Waals surface area contributed by atoms with E-state index < -0.39 is 59.0 Å². The lowest BCUT2D eigenvalue weighted by atomic mass is 10.4. The zero-order valence-electron chi connectivity index (χ0n) is 35.1. The molecule has 308 valence electrons. The molecule has 14 heteroatoms. The second kappa shape index (κ2) is 16.5. The molecule has 9 rings (SSSR count). The molecule has 61 heavy (non-hydrogen) atoms. The van der Waals surface area contributed by atoms with Crippen LogP contribution in [0.5, 0.6) is 0 Å². The summed E-state index contributed by atoms with van der Waals surface area (Å²) >= 11 is 0. The number of hydrogen-bond donors (Lipinski definition) is 0. The second-order valence-corrected chi connectivity index (χ2v) is 43.4. The van der Waals surface area contributed by atoms with Gasteiger partial charge in [0.2, 0.25) is 0 Å². The molecule has 0 amide bonds. The van der Waals surface area contributed by atoms with Crippen molar-refractivity contribution >= 4 is 95.3 Å². The standard InChI is InChI=1S/C47H50O7Si7/c1-55(2)48-56(3,4)50-57(5,49-55)61(47-39-25-12-26-40-47)53-59(43-31-17-8-18-32-43,44-33-19-9-20-34-44)51-58(41-27-13-6-14-28-41,42-29-15-7-16-30-42)52-60(54-61,45-35-21-10-22-36-45)46-37-23-11-24-38-46/h6-40H,1-5H3. The first-order chi connectivity index (χ1) is 29.4. The highest BCUT2D eigenvalue weighted by Gasteiger charge is 2.77. The second-order valence-electron chi connectivity index (χ2n) is 16.5. The van der Waals surface area contributed by atoms with Gasteiger partial charge >= 0.3 is 59.0 Å². The van der Waals surface area contributed by atoms with Crippen LogP contribution < -0.4 is 36.3 Å². The number of rotatable bonds is 8. The highest BCUT2D eigenvalue weighted by molar-refractivity contribution is 7.43. The van der Waals surface area contributed by atoms with E-state index in [4.69, 9.17) is 28.8 Å². The molecule has 0 radical (unpaired) electrons. The van der Waals surface area contributed by atoms with E-state index in [2.05, 4.69) is 203 Å². The quantitative estimate of drug-likeness (QED) is 0.179. The van der Waals surface area contributed by atoms with Crippen molar-refractivity contribution in [2.75, 3.05) is 0 Å². The maximum absolute atomic E-state index is 8.67. The Morgan fingerprint density at radius 1 is 0.230 bits per heavy atom. The molecule has 0 aromatic heterocycles. The van der Waals surface area contributed by atoms with Crippen LogP contribution in [-0.2, 0) is 28.8 Å². The highest BCUT2D eigenvalue weighted by atomic mass is 29.3. The molecule has 7 nitrogen and oxygen atoms in total. The van der Waals surface area contributed by atoms with E-state index in [9.17, 15) is 0 Å². The third-order valence-electron chi connectivity index (χ3n) is 11.2. The average molecular weight is 924 g/mol. The lowest BCUT2D eigenvalue weighted by Gasteiger charge is -2.59. The summed E-state index contributed by atoms with van der Waals surface area (Å²) < 4.78 is 56.4. The largest absolute Gasteiger partial charge is 0.416 e. The van der Waals surface area contributed by atoms with Crippen LogP contribution in [0.15, 0.2) is 212 Å². The van der Waals surface area contributed by atoms with Crippen molar-refractivity contribution < 1.29 is 28.8 Å². The zero-order chi connectivity index (χ0) is 42.2. The van der Waals surface area contributed by atoms with Gasteiger partial charge in [0.25, 0.3) is 0 Å². The van der Waals surface area contributed by atoms with E-state index in [0.717, 1.165) is 36.3 Å². The summed E-state index contributed by atoms with van der Waals surface area (Å²) in [5.74, 6) is 0. The molecule has 2 aliphatic heterocycles. The number of hydrogen-bond acceptors (Lipinski definition) is 7. The van der Waals surface area contributed by atoms with Gasteiger partial charge in [0.1, 0.15) is 0 Å². The van der Waals surface area contributed by atoms with Crippen LogP contribution in [-0.4, -0.2) is 59.0 Å².